The van der Waals surface area contributed by atoms with Crippen molar-refractivity contribution in [2.45, 2.75) is 45.4 Å². The van der Waals surface area contributed by atoms with Crippen LogP contribution in [-0.2, 0) is 4.74 Å². The maximum atomic E-state index is 11.3. The van der Waals surface area contributed by atoms with Crippen LogP contribution >= 0.6 is 0 Å². The molecule has 0 atom stereocenters. The molecule has 6 nitrogen and oxygen atoms in total. The van der Waals surface area contributed by atoms with Crippen LogP contribution < -0.4 is 4.84 Å². The van der Waals surface area contributed by atoms with E-state index in [-0.39, 0.29) is 18.4 Å². The third kappa shape index (κ3) is 5.54. The second kappa shape index (κ2) is 8.29. The van der Waals surface area contributed by atoms with E-state index in [9.17, 15) is 15.0 Å². The molecule has 0 saturated heterocycles. The Balaban J connectivity index is 2.12. The summed E-state index contributed by atoms with van der Waals surface area (Å²) in [5.41, 5.74) is 0. The van der Waals surface area contributed by atoms with Crippen LogP contribution in [0.25, 0.3) is 0 Å². The van der Waals surface area contributed by atoms with Gasteiger partial charge in [-0.1, -0.05) is 39.0 Å². The van der Waals surface area contributed by atoms with Crippen molar-refractivity contribution in [3.8, 4) is 11.8 Å². The molecule has 0 bridgehead atoms. The summed E-state index contributed by atoms with van der Waals surface area (Å²) in [6.07, 6.45) is 5.60. The minimum atomic E-state index is -0.949. The highest BCUT2D eigenvalue weighted by Crippen LogP contribution is 2.18. The molecule has 0 aliphatic carbocycles. The minimum absolute atomic E-state index is 0.272. The summed E-state index contributed by atoms with van der Waals surface area (Å²) >= 11 is 0. The third-order valence-corrected chi connectivity index (χ3v) is 2.68. The van der Waals surface area contributed by atoms with Gasteiger partial charge in [0.25, 0.3) is 0 Å². The molecule has 0 radical (unpaired) electrons. The number of unbranched alkanes of at least 4 members (excludes halogenated alkanes) is 5. The lowest BCUT2D eigenvalue weighted by Crippen LogP contribution is -2.20. The molecule has 0 saturated carbocycles. The van der Waals surface area contributed by atoms with Crippen molar-refractivity contribution >= 4 is 6.16 Å². The zero-order valence-corrected chi connectivity index (χ0v) is 11.2. The van der Waals surface area contributed by atoms with Gasteiger partial charge in [0, 0.05) is 12.1 Å². The summed E-state index contributed by atoms with van der Waals surface area (Å²) in [5.74, 6) is -0.733. The Morgan fingerprint density at radius 2 is 1.68 bits per heavy atom. The normalized spacial score (nSPS) is 10.4. The quantitative estimate of drug-likeness (QED) is 0.561. The van der Waals surface area contributed by atoms with Crippen LogP contribution in [0, 0.1) is 0 Å². The van der Waals surface area contributed by atoms with Crippen LogP contribution in [0.2, 0.25) is 0 Å². The van der Waals surface area contributed by atoms with E-state index in [1.807, 2.05) is 0 Å². The van der Waals surface area contributed by atoms with E-state index in [2.05, 4.69) is 11.8 Å². The highest BCUT2D eigenvalue weighted by Gasteiger charge is 2.12. The first kappa shape index (κ1) is 15.2. The Morgan fingerprint density at radius 3 is 2.32 bits per heavy atom. The average Bonchev–Trinajstić information content (AvgIpc) is 2.69. The number of ether oxygens (including phenoxy) is 1. The van der Waals surface area contributed by atoms with Crippen LogP contribution in [0.3, 0.4) is 0 Å². The molecule has 0 amide bonds. The van der Waals surface area contributed by atoms with Crippen molar-refractivity contribution in [2.24, 2.45) is 0 Å². The number of hydrogen-bond donors (Lipinski definition) is 2. The van der Waals surface area contributed by atoms with E-state index < -0.39 is 6.16 Å². The van der Waals surface area contributed by atoms with Crippen LogP contribution in [0.5, 0.6) is 11.8 Å². The van der Waals surface area contributed by atoms with Gasteiger partial charge in [-0.2, -0.15) is 0 Å². The maximum Gasteiger partial charge on any atom is 0.533 e. The molecule has 0 fully saturated rings. The predicted molar refractivity (Wildman–Crippen MR) is 69.1 cm³/mol. The molecule has 108 valence electrons. The van der Waals surface area contributed by atoms with E-state index >= 15 is 0 Å². The topological polar surface area (TPSA) is 80.9 Å². The van der Waals surface area contributed by atoms with Crippen molar-refractivity contribution < 1.29 is 24.6 Å². The Kier molecular flexibility index (Phi) is 6.63. The molecule has 1 aromatic rings. The Bertz CT molecular complexity index is 369. The molecule has 0 aromatic carbocycles. The molecule has 1 heterocycles. The lowest BCUT2D eigenvalue weighted by Gasteiger charge is -2.07. The zero-order chi connectivity index (χ0) is 14.1. The molecule has 2 N–H and O–H groups in total. The standard InChI is InChI=1S/C13H21NO5/c1-2-3-4-5-6-7-10-18-13(17)19-14-11(15)8-9-12(14)16/h8-9,15-16H,2-7,10H2,1H3. The summed E-state index contributed by atoms with van der Waals surface area (Å²) < 4.78 is 5.43. The monoisotopic (exact) mass is 271 g/mol. The van der Waals surface area contributed by atoms with Crippen LogP contribution in [0.15, 0.2) is 12.1 Å². The molecule has 6 heteroatoms. The fourth-order valence-electron chi connectivity index (χ4n) is 1.63. The molecule has 0 aliphatic heterocycles. The van der Waals surface area contributed by atoms with Crippen molar-refractivity contribution in [3.63, 3.8) is 0 Å². The van der Waals surface area contributed by atoms with Gasteiger partial charge in [0.2, 0.25) is 11.8 Å². The van der Waals surface area contributed by atoms with Gasteiger partial charge in [-0.25, -0.2) is 4.79 Å². The number of aromatic nitrogens is 1. The summed E-state index contributed by atoms with van der Waals surface area (Å²) in [4.78, 5) is 15.9. The number of carbonyl (C=O) groups is 1. The minimum Gasteiger partial charge on any atom is -0.492 e. The molecule has 1 rings (SSSR count). The van der Waals surface area contributed by atoms with Crippen LogP contribution in [-0.4, -0.2) is 27.7 Å². The fourth-order valence-corrected chi connectivity index (χ4v) is 1.63. The Hall–Kier alpha value is -1.85. The predicted octanol–water partition coefficient (Wildman–Crippen LogP) is 2.83. The molecular formula is C13H21NO5. The van der Waals surface area contributed by atoms with Crippen molar-refractivity contribution in [1.82, 2.24) is 4.73 Å². The summed E-state index contributed by atoms with van der Waals surface area (Å²) in [5, 5.41) is 18.5. The smallest absolute Gasteiger partial charge is 0.492 e. The van der Waals surface area contributed by atoms with Gasteiger partial charge < -0.3 is 14.9 Å². The number of carbonyl (C=O) groups excluding carboxylic acids is 1. The SMILES string of the molecule is CCCCCCCCOC(=O)On1c(O)ccc1O. The van der Waals surface area contributed by atoms with Gasteiger partial charge >= 0.3 is 6.16 Å². The van der Waals surface area contributed by atoms with Crippen molar-refractivity contribution in [3.05, 3.63) is 12.1 Å². The molecule has 1 aromatic heterocycles. The van der Waals surface area contributed by atoms with Gasteiger partial charge in [-0.15, -0.1) is 4.73 Å². The molecule has 0 spiro atoms. The molecular weight excluding hydrogens is 250 g/mol. The lowest BCUT2D eigenvalue weighted by atomic mass is 10.1. The number of nitrogens with zero attached hydrogens (tertiary/aromatic N) is 1. The van der Waals surface area contributed by atoms with Crippen LogP contribution in [0.4, 0.5) is 4.79 Å². The first-order valence-corrected chi connectivity index (χ1v) is 6.60. The Labute approximate surface area is 112 Å². The van der Waals surface area contributed by atoms with Crippen molar-refractivity contribution in [2.75, 3.05) is 6.61 Å². The second-order valence-electron chi connectivity index (χ2n) is 4.30. The zero-order valence-electron chi connectivity index (χ0n) is 11.2. The van der Waals surface area contributed by atoms with E-state index in [1.54, 1.807) is 0 Å². The fraction of sp³-hybridized carbons (Fsp3) is 0.615. The van der Waals surface area contributed by atoms with Crippen molar-refractivity contribution in [1.29, 1.82) is 0 Å². The van der Waals surface area contributed by atoms with E-state index in [0.29, 0.717) is 4.73 Å². The number of aromatic hydroxyl groups is 2. The molecule has 19 heavy (non-hydrogen) atoms. The molecule has 0 unspecified atom stereocenters. The van der Waals surface area contributed by atoms with Crippen LogP contribution in [0.1, 0.15) is 45.4 Å². The van der Waals surface area contributed by atoms with Gasteiger partial charge in [-0.05, 0) is 6.42 Å². The average molecular weight is 271 g/mol. The third-order valence-electron chi connectivity index (χ3n) is 2.68. The number of rotatable bonds is 8. The van der Waals surface area contributed by atoms with Gasteiger partial charge in [0.05, 0.1) is 6.61 Å². The van der Waals surface area contributed by atoms with E-state index in [1.165, 1.54) is 31.4 Å². The second-order valence-corrected chi connectivity index (χ2v) is 4.30. The summed E-state index contributed by atoms with van der Waals surface area (Å²) in [6, 6.07) is 2.41. The summed E-state index contributed by atoms with van der Waals surface area (Å²) in [7, 11) is 0. The van der Waals surface area contributed by atoms with Gasteiger partial charge in [0.15, 0.2) is 0 Å². The largest absolute Gasteiger partial charge is 0.533 e. The first-order valence-electron chi connectivity index (χ1n) is 6.60. The van der Waals surface area contributed by atoms with E-state index in [4.69, 9.17) is 4.74 Å². The number of hydrogen-bond acceptors (Lipinski definition) is 5. The highest BCUT2D eigenvalue weighted by molar-refractivity contribution is 5.60. The first-order chi connectivity index (χ1) is 9.15. The Morgan fingerprint density at radius 1 is 1.11 bits per heavy atom. The van der Waals surface area contributed by atoms with E-state index in [0.717, 1.165) is 19.3 Å². The maximum absolute atomic E-state index is 11.3. The summed E-state index contributed by atoms with van der Waals surface area (Å²) in [6.45, 7) is 2.43. The van der Waals surface area contributed by atoms with Gasteiger partial charge in [0.1, 0.15) is 0 Å². The molecule has 0 aliphatic rings. The van der Waals surface area contributed by atoms with Gasteiger partial charge in [-0.3, -0.25) is 4.84 Å². The lowest BCUT2D eigenvalue weighted by molar-refractivity contribution is 0.0346. The highest BCUT2D eigenvalue weighted by atomic mass is 16.8.